The minimum atomic E-state index is 0.401. The Kier molecular flexibility index (Phi) is 2.87. The number of hydrogen-bond donors (Lipinski definition) is 1. The Bertz CT molecular complexity index is 348. The number of aromatic nitrogens is 1. The van der Waals surface area contributed by atoms with Gasteiger partial charge in [0.25, 0.3) is 0 Å². The molecule has 0 amide bonds. The van der Waals surface area contributed by atoms with Gasteiger partial charge in [-0.05, 0) is 6.07 Å². The molecule has 0 spiro atoms. The summed E-state index contributed by atoms with van der Waals surface area (Å²) >= 11 is 0. The van der Waals surface area contributed by atoms with Gasteiger partial charge in [-0.25, -0.2) is 4.98 Å². The maximum absolute atomic E-state index is 8.35. The fourth-order valence-corrected chi connectivity index (χ4v) is 0.825. The Labute approximate surface area is 76.3 Å². The molecule has 0 aliphatic rings. The lowest BCUT2D eigenvalue weighted by atomic mass is 10.2. The van der Waals surface area contributed by atoms with E-state index in [-0.39, 0.29) is 0 Å². The van der Waals surface area contributed by atoms with Crippen molar-refractivity contribution < 1.29 is 4.74 Å². The van der Waals surface area contributed by atoms with Crippen LogP contribution in [0.1, 0.15) is 5.56 Å². The van der Waals surface area contributed by atoms with Crippen LogP contribution >= 0.6 is 0 Å². The number of ether oxygens (including phenoxy) is 1. The summed E-state index contributed by atoms with van der Waals surface area (Å²) in [5.74, 6) is 0.522. The van der Waals surface area contributed by atoms with Crippen molar-refractivity contribution in [1.29, 1.82) is 5.26 Å². The van der Waals surface area contributed by atoms with Crippen LogP contribution in [0.4, 0.5) is 0 Å². The highest BCUT2D eigenvalue weighted by Crippen LogP contribution is 2.11. The van der Waals surface area contributed by atoms with Gasteiger partial charge in [0.05, 0.1) is 18.9 Å². The van der Waals surface area contributed by atoms with Crippen molar-refractivity contribution in [2.24, 2.45) is 5.73 Å². The first kappa shape index (κ1) is 9.07. The standard InChI is InChI=1S/C9H9N3O/c1-13-9-3-2-7(6-12-9)8(11)4-5-10/h2-4,6H,11H2,1H3/b8-4+. The monoisotopic (exact) mass is 175 g/mol. The third-order valence-electron chi connectivity index (χ3n) is 1.50. The van der Waals surface area contributed by atoms with E-state index in [2.05, 4.69) is 4.98 Å². The van der Waals surface area contributed by atoms with Crippen LogP contribution in [0.2, 0.25) is 0 Å². The van der Waals surface area contributed by atoms with Crippen LogP contribution in [0, 0.1) is 11.3 Å². The number of methoxy groups -OCH3 is 1. The molecule has 0 aromatic carbocycles. The number of rotatable bonds is 2. The number of nitrogens with zero attached hydrogens (tertiary/aromatic N) is 2. The molecule has 0 saturated carbocycles. The topological polar surface area (TPSA) is 71.9 Å². The lowest BCUT2D eigenvalue weighted by Gasteiger charge is -2.00. The fourth-order valence-electron chi connectivity index (χ4n) is 0.825. The second kappa shape index (κ2) is 4.12. The van der Waals surface area contributed by atoms with Crippen molar-refractivity contribution in [3.63, 3.8) is 0 Å². The third-order valence-corrected chi connectivity index (χ3v) is 1.50. The minimum absolute atomic E-state index is 0.401. The highest BCUT2D eigenvalue weighted by atomic mass is 16.5. The molecule has 0 fully saturated rings. The molecule has 4 heteroatoms. The van der Waals surface area contributed by atoms with Crippen LogP contribution in [0.15, 0.2) is 24.4 Å². The third kappa shape index (κ3) is 2.20. The maximum Gasteiger partial charge on any atom is 0.212 e. The van der Waals surface area contributed by atoms with E-state index >= 15 is 0 Å². The summed E-state index contributed by atoms with van der Waals surface area (Å²) in [6.07, 6.45) is 2.82. The van der Waals surface area contributed by atoms with E-state index in [1.165, 1.54) is 13.2 Å². The predicted molar refractivity (Wildman–Crippen MR) is 48.6 cm³/mol. The zero-order valence-electron chi connectivity index (χ0n) is 7.19. The maximum atomic E-state index is 8.35. The molecule has 0 aliphatic carbocycles. The van der Waals surface area contributed by atoms with Crippen molar-refractivity contribution in [2.75, 3.05) is 7.11 Å². The van der Waals surface area contributed by atoms with Gasteiger partial charge in [0.1, 0.15) is 0 Å². The lowest BCUT2D eigenvalue weighted by Crippen LogP contribution is -1.97. The van der Waals surface area contributed by atoms with Gasteiger partial charge in [-0.2, -0.15) is 5.26 Å². The summed E-state index contributed by atoms with van der Waals surface area (Å²) in [7, 11) is 1.54. The molecule has 1 aromatic rings. The summed E-state index contributed by atoms with van der Waals surface area (Å²) in [4.78, 5) is 3.95. The lowest BCUT2D eigenvalue weighted by molar-refractivity contribution is 0.398. The number of nitriles is 1. The average molecular weight is 175 g/mol. The van der Waals surface area contributed by atoms with Crippen molar-refractivity contribution in [3.8, 4) is 11.9 Å². The molecular weight excluding hydrogens is 166 g/mol. The van der Waals surface area contributed by atoms with Crippen LogP contribution in [-0.2, 0) is 0 Å². The smallest absolute Gasteiger partial charge is 0.212 e. The van der Waals surface area contributed by atoms with E-state index in [0.717, 1.165) is 0 Å². The van der Waals surface area contributed by atoms with Crippen molar-refractivity contribution in [1.82, 2.24) is 4.98 Å². The number of pyridine rings is 1. The molecule has 2 N–H and O–H groups in total. The predicted octanol–water partition coefficient (Wildman–Crippen LogP) is 0.913. The molecule has 1 heterocycles. The van der Waals surface area contributed by atoms with Gasteiger partial charge in [0.2, 0.25) is 5.88 Å². The van der Waals surface area contributed by atoms with Crippen molar-refractivity contribution >= 4 is 5.70 Å². The Morgan fingerprint density at radius 3 is 2.92 bits per heavy atom. The largest absolute Gasteiger partial charge is 0.481 e. The minimum Gasteiger partial charge on any atom is -0.481 e. The summed E-state index contributed by atoms with van der Waals surface area (Å²) in [5.41, 5.74) is 6.67. The molecule has 0 saturated heterocycles. The van der Waals surface area contributed by atoms with Crippen LogP contribution in [-0.4, -0.2) is 12.1 Å². The normalized spacial score (nSPS) is 10.6. The fraction of sp³-hybridized carbons (Fsp3) is 0.111. The Morgan fingerprint density at radius 1 is 1.69 bits per heavy atom. The molecule has 0 bridgehead atoms. The summed E-state index contributed by atoms with van der Waals surface area (Å²) < 4.78 is 4.87. The van der Waals surface area contributed by atoms with Gasteiger partial charge in [-0.3, -0.25) is 0 Å². The first-order valence-corrected chi connectivity index (χ1v) is 3.63. The summed E-state index contributed by atoms with van der Waals surface area (Å²) in [5, 5.41) is 8.35. The first-order chi connectivity index (χ1) is 6.27. The Balaban J connectivity index is 2.94. The number of hydrogen-bond acceptors (Lipinski definition) is 4. The molecule has 0 atom stereocenters. The van der Waals surface area contributed by atoms with Crippen LogP contribution in [0.25, 0.3) is 5.70 Å². The highest BCUT2D eigenvalue weighted by Gasteiger charge is 1.97. The Hall–Kier alpha value is -2.02. The van der Waals surface area contributed by atoms with Crippen LogP contribution in [0.5, 0.6) is 5.88 Å². The average Bonchev–Trinajstić information content (AvgIpc) is 2.18. The van der Waals surface area contributed by atoms with Crippen LogP contribution < -0.4 is 10.5 Å². The van der Waals surface area contributed by atoms with Crippen molar-refractivity contribution in [3.05, 3.63) is 30.0 Å². The van der Waals surface area contributed by atoms with E-state index in [9.17, 15) is 0 Å². The van der Waals surface area contributed by atoms with E-state index in [0.29, 0.717) is 17.1 Å². The molecule has 13 heavy (non-hydrogen) atoms. The molecule has 4 nitrogen and oxygen atoms in total. The van der Waals surface area contributed by atoms with E-state index in [4.69, 9.17) is 15.7 Å². The van der Waals surface area contributed by atoms with Crippen molar-refractivity contribution in [2.45, 2.75) is 0 Å². The summed E-state index contributed by atoms with van der Waals surface area (Å²) in [6, 6.07) is 5.28. The SMILES string of the molecule is COc1ccc(/C(N)=C\C#N)cn1. The zero-order chi connectivity index (χ0) is 9.68. The summed E-state index contributed by atoms with van der Waals surface area (Å²) in [6.45, 7) is 0. The molecule has 0 aliphatic heterocycles. The molecule has 0 unspecified atom stereocenters. The van der Waals surface area contributed by atoms with Gasteiger partial charge in [0.15, 0.2) is 0 Å². The zero-order valence-corrected chi connectivity index (χ0v) is 7.19. The second-order valence-corrected chi connectivity index (χ2v) is 2.32. The second-order valence-electron chi connectivity index (χ2n) is 2.32. The van der Waals surface area contributed by atoms with Gasteiger partial charge >= 0.3 is 0 Å². The van der Waals surface area contributed by atoms with Gasteiger partial charge < -0.3 is 10.5 Å². The van der Waals surface area contributed by atoms with Gasteiger partial charge in [-0.15, -0.1) is 0 Å². The molecule has 1 aromatic heterocycles. The quantitative estimate of drug-likeness (QED) is 0.678. The van der Waals surface area contributed by atoms with Crippen LogP contribution in [0.3, 0.4) is 0 Å². The van der Waals surface area contributed by atoms with E-state index in [1.54, 1.807) is 18.3 Å². The van der Waals surface area contributed by atoms with E-state index in [1.807, 2.05) is 6.07 Å². The first-order valence-electron chi connectivity index (χ1n) is 3.63. The molecule has 0 radical (unpaired) electrons. The highest BCUT2D eigenvalue weighted by molar-refractivity contribution is 5.64. The molecule has 66 valence electrons. The van der Waals surface area contributed by atoms with Gasteiger partial charge in [-0.1, -0.05) is 0 Å². The molecule has 1 rings (SSSR count). The number of nitrogens with two attached hydrogens (primary N) is 1. The van der Waals surface area contributed by atoms with E-state index < -0.39 is 0 Å². The number of allylic oxidation sites excluding steroid dienone is 1. The molecular formula is C9H9N3O. The van der Waals surface area contributed by atoms with Gasteiger partial charge in [0, 0.05) is 23.9 Å². The Morgan fingerprint density at radius 2 is 2.46 bits per heavy atom.